The standard InChI is InChI=1S/C19H25N/c1-3-4-5-6-7-8-9-10-11-12-13-18-16-17(2)14-15-19(18)20/h14-16H,3-9,20H2,1-2H3. The number of hydrogen-bond acceptors (Lipinski definition) is 1. The molecule has 0 bridgehead atoms. The molecule has 1 aromatic rings. The number of hydrogen-bond donors (Lipinski definition) is 1. The van der Waals surface area contributed by atoms with Crippen LogP contribution in [0.4, 0.5) is 5.69 Å². The van der Waals surface area contributed by atoms with Gasteiger partial charge in [-0.2, -0.15) is 0 Å². The number of unbranched alkanes of at least 4 members (excludes halogenated alkanes) is 6. The lowest BCUT2D eigenvalue weighted by atomic mass is 10.1. The molecule has 0 saturated carbocycles. The molecule has 0 heterocycles. The molecule has 0 atom stereocenters. The second-order valence-electron chi connectivity index (χ2n) is 5.16. The maximum absolute atomic E-state index is 5.86. The van der Waals surface area contributed by atoms with Gasteiger partial charge in [-0.1, -0.05) is 56.9 Å². The van der Waals surface area contributed by atoms with Gasteiger partial charge in [-0.25, -0.2) is 0 Å². The molecule has 20 heavy (non-hydrogen) atoms. The number of nitrogen functional groups attached to an aromatic ring is 1. The summed E-state index contributed by atoms with van der Waals surface area (Å²) in [6.45, 7) is 4.28. The first kappa shape index (κ1) is 16.2. The van der Waals surface area contributed by atoms with Gasteiger partial charge >= 0.3 is 0 Å². The Morgan fingerprint density at radius 3 is 2.55 bits per heavy atom. The summed E-state index contributed by atoms with van der Waals surface area (Å²) >= 11 is 0. The number of aryl methyl sites for hydroxylation is 1. The molecule has 0 spiro atoms. The van der Waals surface area contributed by atoms with E-state index < -0.39 is 0 Å². The third-order valence-electron chi connectivity index (χ3n) is 3.21. The predicted molar refractivity (Wildman–Crippen MR) is 88.2 cm³/mol. The van der Waals surface area contributed by atoms with Gasteiger partial charge in [0.15, 0.2) is 0 Å². The summed E-state index contributed by atoms with van der Waals surface area (Å²) in [5.41, 5.74) is 8.63. The molecule has 106 valence electrons. The fourth-order valence-corrected chi connectivity index (χ4v) is 1.98. The third-order valence-corrected chi connectivity index (χ3v) is 3.21. The van der Waals surface area contributed by atoms with Crippen LogP contribution in [0.5, 0.6) is 0 Å². The van der Waals surface area contributed by atoms with Crippen LogP contribution >= 0.6 is 0 Å². The summed E-state index contributed by atoms with van der Waals surface area (Å²) in [7, 11) is 0. The van der Waals surface area contributed by atoms with Crippen LogP contribution in [-0.4, -0.2) is 0 Å². The van der Waals surface area contributed by atoms with E-state index in [0.29, 0.717) is 0 Å². The number of rotatable bonds is 6. The lowest BCUT2D eigenvalue weighted by molar-refractivity contribution is 0.614. The molecule has 0 saturated heterocycles. The van der Waals surface area contributed by atoms with E-state index in [2.05, 4.69) is 30.6 Å². The molecule has 0 unspecified atom stereocenters. The summed E-state index contributed by atoms with van der Waals surface area (Å²) in [6, 6.07) is 5.88. The molecule has 0 amide bonds. The Kier molecular flexibility index (Phi) is 8.09. The molecule has 0 aliphatic heterocycles. The van der Waals surface area contributed by atoms with Crippen molar-refractivity contribution >= 4 is 5.69 Å². The van der Waals surface area contributed by atoms with Crippen LogP contribution in [0.2, 0.25) is 0 Å². The summed E-state index contributed by atoms with van der Waals surface area (Å²) in [6.07, 6.45) is 8.77. The maximum Gasteiger partial charge on any atom is 0.0487 e. The van der Waals surface area contributed by atoms with Crippen molar-refractivity contribution in [2.45, 2.75) is 58.8 Å². The highest BCUT2D eigenvalue weighted by molar-refractivity contribution is 5.58. The van der Waals surface area contributed by atoms with E-state index in [1.807, 2.05) is 25.1 Å². The van der Waals surface area contributed by atoms with Crippen molar-refractivity contribution in [2.75, 3.05) is 5.73 Å². The fourth-order valence-electron chi connectivity index (χ4n) is 1.98. The van der Waals surface area contributed by atoms with E-state index in [1.165, 1.54) is 44.1 Å². The third kappa shape index (κ3) is 6.91. The van der Waals surface area contributed by atoms with Crippen LogP contribution in [0.15, 0.2) is 18.2 Å². The first-order valence-corrected chi connectivity index (χ1v) is 7.59. The zero-order valence-corrected chi connectivity index (χ0v) is 12.8. The topological polar surface area (TPSA) is 26.0 Å². The highest BCUT2D eigenvalue weighted by Crippen LogP contribution is 2.11. The van der Waals surface area contributed by atoms with Crippen LogP contribution in [0.25, 0.3) is 0 Å². The first-order chi connectivity index (χ1) is 9.74. The van der Waals surface area contributed by atoms with Gasteiger partial charge < -0.3 is 5.73 Å². The van der Waals surface area contributed by atoms with Crippen molar-refractivity contribution in [3.63, 3.8) is 0 Å². The van der Waals surface area contributed by atoms with Gasteiger partial charge in [0.25, 0.3) is 0 Å². The van der Waals surface area contributed by atoms with Crippen LogP contribution in [0.1, 0.15) is 63.0 Å². The quantitative estimate of drug-likeness (QED) is 0.452. The molecular weight excluding hydrogens is 242 g/mol. The predicted octanol–water partition coefficient (Wildman–Crippen LogP) is 4.68. The average molecular weight is 267 g/mol. The van der Waals surface area contributed by atoms with Crippen molar-refractivity contribution < 1.29 is 0 Å². The molecule has 0 fully saturated rings. The maximum atomic E-state index is 5.86. The van der Waals surface area contributed by atoms with Crippen LogP contribution in [-0.2, 0) is 0 Å². The Morgan fingerprint density at radius 2 is 1.75 bits per heavy atom. The lowest BCUT2D eigenvalue weighted by Gasteiger charge is -1.98. The SMILES string of the molecule is CCCCCCCCC#CC#Cc1cc(C)ccc1N. The van der Waals surface area contributed by atoms with E-state index in [-0.39, 0.29) is 0 Å². The Hall–Kier alpha value is -1.86. The van der Waals surface area contributed by atoms with Gasteiger partial charge in [0.1, 0.15) is 0 Å². The average Bonchev–Trinajstić information content (AvgIpc) is 2.44. The summed E-state index contributed by atoms with van der Waals surface area (Å²) in [5.74, 6) is 11.9. The monoisotopic (exact) mass is 267 g/mol. The van der Waals surface area contributed by atoms with Crippen molar-refractivity contribution in [1.29, 1.82) is 0 Å². The molecule has 1 aromatic carbocycles. The molecule has 2 N–H and O–H groups in total. The zero-order valence-electron chi connectivity index (χ0n) is 12.8. The first-order valence-electron chi connectivity index (χ1n) is 7.59. The van der Waals surface area contributed by atoms with E-state index in [4.69, 9.17) is 5.73 Å². The summed E-state index contributed by atoms with van der Waals surface area (Å²) < 4.78 is 0. The second kappa shape index (κ2) is 9.99. The molecule has 1 heteroatoms. The Labute approximate surface area is 124 Å². The molecule has 1 rings (SSSR count). The van der Waals surface area contributed by atoms with Crippen LogP contribution in [0, 0.1) is 30.6 Å². The molecule has 1 nitrogen and oxygen atoms in total. The van der Waals surface area contributed by atoms with E-state index in [0.717, 1.165) is 17.7 Å². The Bertz CT molecular complexity index is 520. The molecule has 0 aliphatic carbocycles. The largest absolute Gasteiger partial charge is 0.398 e. The molecular formula is C19H25N. The Morgan fingerprint density at radius 1 is 1.00 bits per heavy atom. The number of nitrogens with two attached hydrogens (primary N) is 1. The molecule has 0 radical (unpaired) electrons. The van der Waals surface area contributed by atoms with Crippen molar-refractivity contribution in [2.24, 2.45) is 0 Å². The van der Waals surface area contributed by atoms with Gasteiger partial charge in [-0.05, 0) is 42.9 Å². The summed E-state index contributed by atoms with van der Waals surface area (Å²) in [4.78, 5) is 0. The van der Waals surface area contributed by atoms with Gasteiger partial charge in [0.2, 0.25) is 0 Å². The van der Waals surface area contributed by atoms with E-state index >= 15 is 0 Å². The smallest absolute Gasteiger partial charge is 0.0487 e. The van der Waals surface area contributed by atoms with Crippen molar-refractivity contribution in [1.82, 2.24) is 0 Å². The van der Waals surface area contributed by atoms with Gasteiger partial charge in [0.05, 0.1) is 0 Å². The normalized spacial score (nSPS) is 9.30. The zero-order chi connectivity index (χ0) is 14.6. The number of benzene rings is 1. The molecule has 0 aliphatic rings. The summed E-state index contributed by atoms with van der Waals surface area (Å²) in [5, 5.41) is 0. The van der Waals surface area contributed by atoms with E-state index in [1.54, 1.807) is 0 Å². The van der Waals surface area contributed by atoms with Crippen molar-refractivity contribution in [3.05, 3.63) is 29.3 Å². The second-order valence-corrected chi connectivity index (χ2v) is 5.16. The highest BCUT2D eigenvalue weighted by atomic mass is 14.5. The minimum atomic E-state index is 0.723. The van der Waals surface area contributed by atoms with E-state index in [9.17, 15) is 0 Å². The lowest BCUT2D eigenvalue weighted by Crippen LogP contribution is -1.90. The minimum Gasteiger partial charge on any atom is -0.398 e. The van der Waals surface area contributed by atoms with Crippen LogP contribution < -0.4 is 5.73 Å². The van der Waals surface area contributed by atoms with Gasteiger partial charge in [-0.15, -0.1) is 0 Å². The highest BCUT2D eigenvalue weighted by Gasteiger charge is 1.94. The van der Waals surface area contributed by atoms with Crippen molar-refractivity contribution in [3.8, 4) is 23.7 Å². The number of anilines is 1. The molecule has 0 aromatic heterocycles. The van der Waals surface area contributed by atoms with Gasteiger partial charge in [-0.3, -0.25) is 0 Å². The Balaban J connectivity index is 2.29. The minimum absolute atomic E-state index is 0.723. The van der Waals surface area contributed by atoms with Gasteiger partial charge in [0, 0.05) is 17.7 Å². The van der Waals surface area contributed by atoms with Crippen LogP contribution in [0.3, 0.4) is 0 Å². The fraction of sp³-hybridized carbons (Fsp3) is 0.474.